The summed E-state index contributed by atoms with van der Waals surface area (Å²) >= 11 is 8.46. The summed E-state index contributed by atoms with van der Waals surface area (Å²) in [4.78, 5) is -0.195. The Hall–Kier alpha value is -2.87. The molecule has 6 aromatic rings. The second kappa shape index (κ2) is 13.4. The van der Waals surface area contributed by atoms with Crippen molar-refractivity contribution in [2.75, 3.05) is 0 Å². The summed E-state index contributed by atoms with van der Waals surface area (Å²) in [5, 5.41) is 7.96. The van der Waals surface area contributed by atoms with Crippen LogP contribution < -0.4 is 31.8 Å². The molecule has 0 amide bonds. The third-order valence-electron chi connectivity index (χ3n) is 8.14. The van der Waals surface area contributed by atoms with Crippen LogP contribution in [0.2, 0.25) is 0 Å². The Morgan fingerprint density at radius 1 is 0.293 bits per heavy atom. The number of hydrogen-bond acceptors (Lipinski definition) is 0. The van der Waals surface area contributed by atoms with Gasteiger partial charge in [0.25, 0.3) is 0 Å². The van der Waals surface area contributed by atoms with E-state index in [4.69, 9.17) is 11.6 Å². The number of rotatable bonds is 8. The summed E-state index contributed by atoms with van der Waals surface area (Å²) in [5.74, 6) is 0. The van der Waals surface area contributed by atoms with Crippen LogP contribution in [-0.4, -0.2) is 4.86 Å². The molecule has 0 radical (unpaired) electrons. The molecule has 6 aromatic carbocycles. The Morgan fingerprint density at radius 3 is 0.585 bits per heavy atom. The van der Waals surface area contributed by atoms with Crippen molar-refractivity contribution in [3.05, 3.63) is 182 Å². The Bertz CT molecular complexity index is 1310. The Kier molecular flexibility index (Phi) is 9.69. The second-order valence-electron chi connectivity index (χ2n) is 10.2. The van der Waals surface area contributed by atoms with Crippen LogP contribution in [0.4, 0.5) is 0 Å². The second-order valence-corrected chi connectivity index (χ2v) is 19.8. The van der Waals surface area contributed by atoms with Gasteiger partial charge in [-0.3, -0.25) is 0 Å². The van der Waals surface area contributed by atoms with Crippen LogP contribution in [0.15, 0.2) is 182 Å². The fraction of sp³-hybridized carbons (Fsp3) is 0.0270. The van der Waals surface area contributed by atoms with E-state index >= 15 is 0 Å². The molecule has 0 nitrogen and oxygen atoms in total. The first kappa shape index (κ1) is 29.6. The van der Waals surface area contributed by atoms with Gasteiger partial charge < -0.3 is 0 Å². The molecule has 0 unspecified atom stereocenters. The molecule has 208 valence electrons. The van der Waals surface area contributed by atoms with E-state index in [0.717, 1.165) is 0 Å². The van der Waals surface area contributed by atoms with Gasteiger partial charge in [-0.15, -0.1) is 0 Å². The zero-order valence-corrected chi connectivity index (χ0v) is 26.9. The van der Waals surface area contributed by atoms with E-state index in [1.807, 2.05) is 0 Å². The zero-order chi connectivity index (χ0) is 27.3. The first-order valence-electron chi connectivity index (χ1n) is 13.8. The van der Waals surface area contributed by atoms with Gasteiger partial charge in [-0.05, 0) is 0 Å². The Balaban J connectivity index is 0.00000337. The van der Waals surface area contributed by atoms with E-state index in [9.17, 15) is 0 Å². The number of alkyl halides is 1. The Morgan fingerprint density at radius 2 is 0.439 bits per heavy atom. The maximum atomic E-state index is 8.46. The van der Waals surface area contributed by atoms with Gasteiger partial charge in [0, 0.05) is 20.4 Å². The molecule has 6 rings (SSSR count). The molecule has 0 saturated carbocycles. The molecule has 4 heteroatoms. The number of hydrogen-bond donors (Lipinski definition) is 0. The SMILES string of the molecule is ClC([PH](c1ccccc1)(c1ccccc1)c1ccccc1)[PH](c1ccccc1)(c1ccccc1)c1ccccc1.[Pd]. The molecule has 0 aromatic heterocycles. The molecule has 0 aliphatic carbocycles. The molecule has 0 aliphatic rings. The van der Waals surface area contributed by atoms with Gasteiger partial charge in [-0.25, -0.2) is 0 Å². The van der Waals surface area contributed by atoms with E-state index < -0.39 is 14.5 Å². The van der Waals surface area contributed by atoms with Gasteiger partial charge in [-0.1, -0.05) is 0 Å². The molecular weight excluding hydrogens is 648 g/mol. The molecule has 0 fully saturated rings. The third kappa shape index (κ3) is 5.28. The van der Waals surface area contributed by atoms with Crippen molar-refractivity contribution in [1.29, 1.82) is 0 Å². The quantitative estimate of drug-likeness (QED) is 0.0927. The van der Waals surface area contributed by atoms with Gasteiger partial charge >= 0.3 is 245 Å². The average molecular weight is 681 g/mol. The van der Waals surface area contributed by atoms with Crippen molar-refractivity contribution in [1.82, 2.24) is 0 Å². The predicted molar refractivity (Wildman–Crippen MR) is 183 cm³/mol. The molecule has 0 heterocycles. The van der Waals surface area contributed by atoms with E-state index in [1.54, 1.807) is 0 Å². The van der Waals surface area contributed by atoms with Gasteiger partial charge in [-0.2, -0.15) is 0 Å². The van der Waals surface area contributed by atoms with Gasteiger partial charge in [0.2, 0.25) is 0 Å². The van der Waals surface area contributed by atoms with Crippen LogP contribution in [0, 0.1) is 0 Å². The topological polar surface area (TPSA) is 0 Å². The minimum absolute atomic E-state index is 0. The maximum absolute atomic E-state index is 8.46. The fourth-order valence-electron chi connectivity index (χ4n) is 6.41. The normalized spacial score (nSPS) is 13.0. The van der Waals surface area contributed by atoms with Gasteiger partial charge in [0.05, 0.1) is 0 Å². The first-order valence-corrected chi connectivity index (χ1v) is 18.4. The van der Waals surface area contributed by atoms with Crippen LogP contribution in [-0.2, 0) is 20.4 Å². The molecule has 41 heavy (non-hydrogen) atoms. The fourth-order valence-corrected chi connectivity index (χ4v) is 22.3. The summed E-state index contributed by atoms with van der Waals surface area (Å²) in [7, 11) is -5.77. The van der Waals surface area contributed by atoms with Crippen molar-refractivity contribution in [2.24, 2.45) is 0 Å². The minimum Gasteiger partial charge on any atom is 0 e. The molecule has 0 aliphatic heterocycles. The van der Waals surface area contributed by atoms with Crippen LogP contribution in [0.25, 0.3) is 0 Å². The third-order valence-corrected chi connectivity index (χ3v) is 21.7. The van der Waals surface area contributed by atoms with Crippen molar-refractivity contribution >= 4 is 58.0 Å². The summed E-state index contributed by atoms with van der Waals surface area (Å²) in [6.45, 7) is 0. The monoisotopic (exact) mass is 680 g/mol. The standard InChI is InChI=1S/C37H33ClP2.Pd/c38-37(39(31-19-7-1-8-20-31,32-21-9-2-10-22-32)33-23-11-3-12-24-33)40(34-25-13-4-14-26-34,35-27-15-5-16-28-35)36-29-17-6-18-30-36;/h1-30,37,39-40H;. The molecule has 0 bridgehead atoms. The number of benzene rings is 6. The van der Waals surface area contributed by atoms with E-state index in [2.05, 4.69) is 182 Å². The van der Waals surface area contributed by atoms with Crippen molar-refractivity contribution in [2.45, 2.75) is 4.86 Å². The summed E-state index contributed by atoms with van der Waals surface area (Å²) in [5.41, 5.74) is 0. The largest absolute Gasteiger partial charge is 0 e. The van der Waals surface area contributed by atoms with Crippen LogP contribution >= 0.6 is 26.1 Å². The maximum Gasteiger partial charge on any atom is 0 e. The minimum atomic E-state index is -2.88. The molecule has 0 N–H and O–H groups in total. The van der Waals surface area contributed by atoms with Gasteiger partial charge in [0.15, 0.2) is 0 Å². The van der Waals surface area contributed by atoms with E-state index in [0.29, 0.717) is 0 Å². The summed E-state index contributed by atoms with van der Waals surface area (Å²) < 4.78 is 0. The smallest absolute Gasteiger partial charge is 0 e. The van der Waals surface area contributed by atoms with E-state index in [1.165, 1.54) is 31.8 Å². The summed E-state index contributed by atoms with van der Waals surface area (Å²) in [6, 6.07) is 66.4. The number of halogens is 1. The van der Waals surface area contributed by atoms with Crippen LogP contribution in [0.5, 0.6) is 0 Å². The van der Waals surface area contributed by atoms with Crippen LogP contribution in [0.1, 0.15) is 0 Å². The summed E-state index contributed by atoms with van der Waals surface area (Å²) in [6.07, 6.45) is 0. The predicted octanol–water partition coefficient (Wildman–Crippen LogP) is 6.96. The zero-order valence-electron chi connectivity index (χ0n) is 22.6. The van der Waals surface area contributed by atoms with Crippen molar-refractivity contribution in [3.8, 4) is 0 Å². The molecular formula is C37H33ClP2Pd. The van der Waals surface area contributed by atoms with Gasteiger partial charge in [0.1, 0.15) is 0 Å². The molecule has 0 saturated heterocycles. The molecule has 0 spiro atoms. The van der Waals surface area contributed by atoms with Crippen molar-refractivity contribution in [3.63, 3.8) is 0 Å². The van der Waals surface area contributed by atoms with E-state index in [-0.39, 0.29) is 25.3 Å². The average Bonchev–Trinajstić information content (AvgIpc) is 3.05. The molecule has 0 atom stereocenters. The Labute approximate surface area is 263 Å². The first-order chi connectivity index (χ1) is 19.8. The van der Waals surface area contributed by atoms with Crippen molar-refractivity contribution < 1.29 is 20.4 Å². The van der Waals surface area contributed by atoms with Crippen LogP contribution in [0.3, 0.4) is 0 Å².